The predicted molar refractivity (Wildman–Crippen MR) is 138 cm³/mol. The summed E-state index contributed by atoms with van der Waals surface area (Å²) in [7, 11) is 0. The third-order valence-electron chi connectivity index (χ3n) is 6.54. The van der Waals surface area contributed by atoms with Crippen LogP contribution in [0.3, 0.4) is 0 Å². The molecule has 0 bridgehead atoms. The molecular formula is C26H19BrFN7O. The number of hydrogen-bond donors (Lipinski definition) is 2. The molecule has 1 unspecified atom stereocenters. The van der Waals surface area contributed by atoms with Gasteiger partial charge in [-0.3, -0.25) is 4.79 Å². The van der Waals surface area contributed by atoms with Crippen LogP contribution in [0.4, 0.5) is 16.0 Å². The van der Waals surface area contributed by atoms with Gasteiger partial charge in [-0.15, -0.1) is 0 Å². The lowest BCUT2D eigenvalue weighted by molar-refractivity contribution is -0.119. The topological polar surface area (TPSA) is 112 Å². The number of amides is 1. The molecule has 0 aliphatic carbocycles. The second-order valence-electron chi connectivity index (χ2n) is 8.71. The number of anilines is 2. The predicted octanol–water partition coefficient (Wildman–Crippen LogP) is 4.68. The van der Waals surface area contributed by atoms with Gasteiger partial charge in [-0.1, -0.05) is 46.3 Å². The van der Waals surface area contributed by atoms with E-state index in [1.165, 1.54) is 6.07 Å². The van der Waals surface area contributed by atoms with Gasteiger partial charge in [0.2, 0.25) is 5.91 Å². The van der Waals surface area contributed by atoms with Gasteiger partial charge in [0.1, 0.15) is 28.6 Å². The van der Waals surface area contributed by atoms with Crippen molar-refractivity contribution in [3.8, 4) is 11.5 Å². The van der Waals surface area contributed by atoms with Crippen LogP contribution >= 0.6 is 15.9 Å². The highest BCUT2D eigenvalue weighted by atomic mass is 79.9. The number of nitrogens with two attached hydrogens (primary N) is 1. The standard InChI is InChI=1S/C26H19BrFN7O/c1-26(15-8-10-16(27)11-9-15)19-21(29)31-23(32-22(19)33-25(26)36)20-17-6-4-12-30-24(17)35(34-20)13-14-5-2-3-7-18(14)28/h2-12H,13H2,1H3,(H3,29,31,32,33,36). The Morgan fingerprint density at radius 3 is 2.64 bits per heavy atom. The van der Waals surface area contributed by atoms with Crippen molar-refractivity contribution in [1.82, 2.24) is 24.7 Å². The van der Waals surface area contributed by atoms with Crippen LogP contribution in [-0.2, 0) is 16.8 Å². The second kappa shape index (κ2) is 8.20. The minimum absolute atomic E-state index is 0.180. The number of carbonyl (C=O) groups is 1. The highest BCUT2D eigenvalue weighted by molar-refractivity contribution is 9.10. The normalized spacial score (nSPS) is 16.8. The second-order valence-corrected chi connectivity index (χ2v) is 9.63. The van der Waals surface area contributed by atoms with Gasteiger partial charge in [-0.05, 0) is 42.8 Å². The van der Waals surface area contributed by atoms with Gasteiger partial charge in [-0.25, -0.2) is 24.0 Å². The van der Waals surface area contributed by atoms with E-state index in [4.69, 9.17) is 5.73 Å². The molecule has 5 aromatic rings. The van der Waals surface area contributed by atoms with Crippen molar-refractivity contribution in [1.29, 1.82) is 0 Å². The summed E-state index contributed by atoms with van der Waals surface area (Å²) >= 11 is 3.43. The fourth-order valence-corrected chi connectivity index (χ4v) is 4.91. The van der Waals surface area contributed by atoms with Gasteiger partial charge >= 0.3 is 0 Å². The van der Waals surface area contributed by atoms with E-state index in [1.54, 1.807) is 42.1 Å². The fraction of sp³-hybridized carbons (Fsp3) is 0.115. The van der Waals surface area contributed by atoms with Crippen molar-refractivity contribution in [2.75, 3.05) is 11.1 Å². The molecule has 1 atom stereocenters. The SMILES string of the molecule is CC1(c2ccc(Br)cc2)C(=O)Nc2nc(-c3nn(Cc4ccccc4F)c4ncccc34)nc(N)c21. The Morgan fingerprint density at radius 2 is 1.86 bits per heavy atom. The van der Waals surface area contributed by atoms with Crippen molar-refractivity contribution in [3.05, 3.63) is 93.8 Å². The molecule has 0 fully saturated rings. The van der Waals surface area contributed by atoms with Gasteiger partial charge in [0.15, 0.2) is 11.5 Å². The number of fused-ring (bicyclic) bond motifs is 2. The molecule has 0 saturated heterocycles. The van der Waals surface area contributed by atoms with Gasteiger partial charge in [0.05, 0.1) is 17.5 Å². The maximum Gasteiger partial charge on any atom is 0.240 e. The lowest BCUT2D eigenvalue weighted by Crippen LogP contribution is -2.32. The zero-order chi connectivity index (χ0) is 25.0. The average molecular weight is 544 g/mol. The van der Waals surface area contributed by atoms with Crippen LogP contribution in [0.1, 0.15) is 23.6 Å². The van der Waals surface area contributed by atoms with E-state index in [-0.39, 0.29) is 29.9 Å². The van der Waals surface area contributed by atoms with E-state index >= 15 is 0 Å². The maximum atomic E-state index is 14.3. The highest BCUT2D eigenvalue weighted by Crippen LogP contribution is 2.45. The summed E-state index contributed by atoms with van der Waals surface area (Å²) in [4.78, 5) is 26.8. The minimum Gasteiger partial charge on any atom is -0.383 e. The molecule has 10 heteroatoms. The fourth-order valence-electron chi connectivity index (χ4n) is 4.64. The molecule has 0 spiro atoms. The summed E-state index contributed by atoms with van der Waals surface area (Å²) in [6.45, 7) is 1.98. The number of benzene rings is 2. The van der Waals surface area contributed by atoms with Crippen molar-refractivity contribution < 1.29 is 9.18 Å². The molecule has 36 heavy (non-hydrogen) atoms. The Hall–Kier alpha value is -4.18. The molecule has 3 N–H and O–H groups in total. The Balaban J connectivity index is 1.48. The van der Waals surface area contributed by atoms with Gasteiger partial charge < -0.3 is 11.1 Å². The molecule has 1 amide bonds. The number of hydrogen-bond acceptors (Lipinski definition) is 6. The van der Waals surface area contributed by atoms with Gasteiger partial charge in [0.25, 0.3) is 0 Å². The number of rotatable bonds is 4. The monoisotopic (exact) mass is 543 g/mol. The molecule has 178 valence electrons. The number of halogens is 2. The van der Waals surface area contributed by atoms with E-state index < -0.39 is 5.41 Å². The number of carbonyl (C=O) groups excluding carboxylic acids is 1. The van der Waals surface area contributed by atoms with Crippen LogP contribution in [-0.4, -0.2) is 30.6 Å². The third kappa shape index (κ3) is 3.36. The van der Waals surface area contributed by atoms with Crippen molar-refractivity contribution in [2.45, 2.75) is 18.9 Å². The van der Waals surface area contributed by atoms with Crippen molar-refractivity contribution >= 4 is 44.5 Å². The average Bonchev–Trinajstić information content (AvgIpc) is 3.36. The van der Waals surface area contributed by atoms with Gasteiger partial charge in [-0.2, -0.15) is 5.10 Å². The molecule has 2 aromatic carbocycles. The number of nitrogens with zero attached hydrogens (tertiary/aromatic N) is 5. The Bertz CT molecular complexity index is 1670. The Kier molecular flexibility index (Phi) is 5.08. The lowest BCUT2D eigenvalue weighted by atomic mass is 9.78. The Morgan fingerprint density at radius 1 is 1.08 bits per heavy atom. The van der Waals surface area contributed by atoms with Crippen LogP contribution < -0.4 is 11.1 Å². The summed E-state index contributed by atoms with van der Waals surface area (Å²) in [6, 6.07) is 17.6. The summed E-state index contributed by atoms with van der Waals surface area (Å²) < 4.78 is 16.8. The Labute approximate surface area is 213 Å². The van der Waals surface area contributed by atoms with Crippen LogP contribution in [0.25, 0.3) is 22.6 Å². The molecule has 3 aromatic heterocycles. The quantitative estimate of drug-likeness (QED) is 0.340. The first-order valence-electron chi connectivity index (χ1n) is 11.2. The zero-order valence-electron chi connectivity index (χ0n) is 19.0. The number of nitrogens with one attached hydrogen (secondary N) is 1. The van der Waals surface area contributed by atoms with E-state index in [0.29, 0.717) is 33.7 Å². The molecule has 0 saturated carbocycles. The van der Waals surface area contributed by atoms with E-state index in [0.717, 1.165) is 10.0 Å². The van der Waals surface area contributed by atoms with E-state index in [1.807, 2.05) is 30.3 Å². The maximum absolute atomic E-state index is 14.3. The summed E-state index contributed by atoms with van der Waals surface area (Å²) in [5.74, 6) is 0.200. The first kappa shape index (κ1) is 22.3. The number of nitrogen functional groups attached to an aromatic ring is 1. The summed E-state index contributed by atoms with van der Waals surface area (Å²) in [5, 5.41) is 8.24. The molecule has 6 rings (SSSR count). The number of aromatic nitrogens is 5. The minimum atomic E-state index is -1.05. The largest absolute Gasteiger partial charge is 0.383 e. The summed E-state index contributed by atoms with van der Waals surface area (Å²) in [6.07, 6.45) is 1.65. The van der Waals surface area contributed by atoms with E-state index in [9.17, 15) is 9.18 Å². The lowest BCUT2D eigenvalue weighted by Gasteiger charge is -2.23. The van der Waals surface area contributed by atoms with Crippen molar-refractivity contribution in [3.63, 3.8) is 0 Å². The van der Waals surface area contributed by atoms with Crippen LogP contribution in [0, 0.1) is 5.82 Å². The molecule has 8 nitrogen and oxygen atoms in total. The number of pyridine rings is 1. The van der Waals surface area contributed by atoms with E-state index in [2.05, 4.69) is 41.3 Å². The molecular weight excluding hydrogens is 525 g/mol. The smallest absolute Gasteiger partial charge is 0.240 e. The first-order chi connectivity index (χ1) is 17.4. The summed E-state index contributed by atoms with van der Waals surface area (Å²) in [5.41, 5.74) is 8.18. The zero-order valence-corrected chi connectivity index (χ0v) is 20.6. The molecule has 1 aliphatic heterocycles. The third-order valence-corrected chi connectivity index (χ3v) is 7.07. The molecule has 4 heterocycles. The molecule has 1 aliphatic rings. The van der Waals surface area contributed by atoms with Gasteiger partial charge in [0, 0.05) is 16.2 Å². The van der Waals surface area contributed by atoms with Crippen LogP contribution in [0.5, 0.6) is 0 Å². The van der Waals surface area contributed by atoms with Crippen LogP contribution in [0.2, 0.25) is 0 Å². The highest BCUT2D eigenvalue weighted by Gasteiger charge is 2.47. The molecule has 0 radical (unpaired) electrons. The van der Waals surface area contributed by atoms with Crippen LogP contribution in [0.15, 0.2) is 71.3 Å². The first-order valence-corrected chi connectivity index (χ1v) is 12.0. The van der Waals surface area contributed by atoms with Crippen molar-refractivity contribution in [2.24, 2.45) is 0 Å².